The normalized spacial score (nSPS) is 11.7. The summed E-state index contributed by atoms with van der Waals surface area (Å²) in [6.45, 7) is 11.2. The molecule has 5 aromatic rings. The number of pyridine rings is 2. The van der Waals surface area contributed by atoms with E-state index in [2.05, 4.69) is 25.8 Å². The summed E-state index contributed by atoms with van der Waals surface area (Å²) in [5.74, 6) is 0.487. The predicted molar refractivity (Wildman–Crippen MR) is 170 cm³/mol. The van der Waals surface area contributed by atoms with Crippen molar-refractivity contribution >= 4 is 23.1 Å². The van der Waals surface area contributed by atoms with Gasteiger partial charge in [0.1, 0.15) is 23.4 Å². The van der Waals surface area contributed by atoms with E-state index in [9.17, 15) is 9.59 Å². The number of nitrogens with one attached hydrogen (secondary N) is 2. The van der Waals surface area contributed by atoms with Gasteiger partial charge in [-0.2, -0.15) is 4.98 Å². The molecule has 11 heteroatoms. The molecule has 45 heavy (non-hydrogen) atoms. The van der Waals surface area contributed by atoms with E-state index in [0.717, 1.165) is 33.3 Å². The summed E-state index contributed by atoms with van der Waals surface area (Å²) in [6, 6.07) is 21.7. The summed E-state index contributed by atoms with van der Waals surface area (Å²) >= 11 is 0. The maximum atomic E-state index is 12.1. The smallest absolute Gasteiger partial charge is 0.408 e. The Morgan fingerprint density at radius 1 is 0.756 bits per heavy atom. The van der Waals surface area contributed by atoms with Gasteiger partial charge in [-0.1, -0.05) is 59.8 Å². The molecule has 0 aliphatic rings. The van der Waals surface area contributed by atoms with Gasteiger partial charge in [0, 0.05) is 29.3 Å². The van der Waals surface area contributed by atoms with Crippen LogP contribution in [0.5, 0.6) is 0 Å². The minimum atomic E-state index is -0.625. The molecule has 0 saturated heterocycles. The lowest BCUT2D eigenvalue weighted by Gasteiger charge is -2.19. The van der Waals surface area contributed by atoms with Crippen molar-refractivity contribution in [1.82, 2.24) is 30.7 Å². The molecule has 3 heterocycles. The Hall–Kier alpha value is -5.32. The molecule has 2 amide bonds. The quantitative estimate of drug-likeness (QED) is 0.198. The van der Waals surface area contributed by atoms with Crippen LogP contribution in [0.15, 0.2) is 77.4 Å². The Morgan fingerprint density at radius 3 is 2.04 bits per heavy atom. The average molecular weight is 609 g/mol. The van der Waals surface area contributed by atoms with E-state index in [1.807, 2.05) is 87.5 Å². The molecule has 0 atom stereocenters. The van der Waals surface area contributed by atoms with Crippen molar-refractivity contribution in [2.75, 3.05) is 0 Å². The van der Waals surface area contributed by atoms with Crippen molar-refractivity contribution in [3.8, 4) is 33.9 Å². The highest BCUT2D eigenvalue weighted by molar-refractivity contribution is 5.97. The van der Waals surface area contributed by atoms with Gasteiger partial charge >= 0.3 is 12.2 Å². The van der Waals surface area contributed by atoms with Gasteiger partial charge in [-0.25, -0.2) is 14.6 Å². The van der Waals surface area contributed by atoms with E-state index in [1.165, 1.54) is 0 Å². The Morgan fingerprint density at radius 2 is 1.40 bits per heavy atom. The Bertz CT molecular complexity index is 1810. The van der Waals surface area contributed by atoms with Crippen LogP contribution in [0.3, 0.4) is 0 Å². The van der Waals surface area contributed by atoms with Crippen molar-refractivity contribution in [2.45, 2.75) is 65.8 Å². The molecule has 0 saturated carbocycles. The first-order chi connectivity index (χ1) is 21.3. The number of alkyl carbamates (subject to hydrolysis) is 2. The number of nitrogens with zero attached hydrogens (tertiary/aromatic N) is 4. The Balaban J connectivity index is 1.45. The summed E-state index contributed by atoms with van der Waals surface area (Å²) in [7, 11) is 0. The van der Waals surface area contributed by atoms with E-state index in [1.54, 1.807) is 27.0 Å². The number of rotatable bonds is 7. The van der Waals surface area contributed by atoms with Gasteiger partial charge in [-0.15, -0.1) is 0 Å². The highest BCUT2D eigenvalue weighted by atomic mass is 16.6. The Labute approximate surface area is 261 Å². The molecule has 0 fully saturated rings. The number of amides is 2. The maximum Gasteiger partial charge on any atom is 0.408 e. The van der Waals surface area contributed by atoms with E-state index in [4.69, 9.17) is 19.0 Å². The SMILES string of the molecule is CC(C)(C)OC(=O)NCc1ccc(-c2nc3ccnc(-c4noc(CNC(=O)OC(C)(C)C)n4)c3cc2-c2ccccc2)cc1. The summed E-state index contributed by atoms with van der Waals surface area (Å²) in [5, 5.41) is 10.3. The molecule has 0 radical (unpaired) electrons. The molecule has 0 bridgehead atoms. The summed E-state index contributed by atoms with van der Waals surface area (Å²) < 4.78 is 16.0. The molecule has 0 aliphatic carbocycles. The van der Waals surface area contributed by atoms with Crippen molar-refractivity contribution in [1.29, 1.82) is 0 Å². The minimum absolute atomic E-state index is 0.00757. The number of carbonyl (C=O) groups excluding carboxylic acids is 2. The van der Waals surface area contributed by atoms with E-state index >= 15 is 0 Å². The molecule has 11 nitrogen and oxygen atoms in total. The fraction of sp³-hybridized carbons (Fsp3) is 0.294. The average Bonchev–Trinajstić information content (AvgIpc) is 3.46. The predicted octanol–water partition coefficient (Wildman–Crippen LogP) is 7.06. The lowest BCUT2D eigenvalue weighted by molar-refractivity contribution is 0.0509. The van der Waals surface area contributed by atoms with Gasteiger partial charge in [-0.05, 0) is 64.8 Å². The van der Waals surface area contributed by atoms with Crippen LogP contribution >= 0.6 is 0 Å². The molecule has 0 aliphatic heterocycles. The third kappa shape index (κ3) is 8.20. The number of hydrogen-bond acceptors (Lipinski definition) is 9. The number of aromatic nitrogens is 4. The zero-order valence-corrected chi connectivity index (χ0v) is 26.2. The standard InChI is InChI=1S/C34H36N6O5/c1-33(2,3)43-31(41)36-19-21-12-14-23(15-13-21)28-24(22-10-8-7-9-11-22)18-25-26(38-28)16-17-35-29(25)30-39-27(45-40-30)20-37-32(42)44-34(4,5)6/h7-18H,19-20H2,1-6H3,(H,36,41)(H,37,42). The van der Waals surface area contributed by atoms with E-state index in [-0.39, 0.29) is 18.3 Å². The monoisotopic (exact) mass is 608 g/mol. The lowest BCUT2D eigenvalue weighted by Crippen LogP contribution is -2.32. The molecule has 232 valence electrons. The molecule has 3 aromatic heterocycles. The molecule has 2 N–H and O–H groups in total. The minimum Gasteiger partial charge on any atom is -0.444 e. The number of ether oxygens (including phenoxy) is 2. The van der Waals surface area contributed by atoms with Crippen LogP contribution in [0, 0.1) is 0 Å². The summed E-state index contributed by atoms with van der Waals surface area (Å²) in [4.78, 5) is 38.2. The Kier molecular flexibility index (Phi) is 8.80. The second-order valence-electron chi connectivity index (χ2n) is 12.4. The molecule has 0 unspecified atom stereocenters. The highest BCUT2D eigenvalue weighted by Gasteiger charge is 2.20. The van der Waals surface area contributed by atoms with Crippen LogP contribution in [0.25, 0.3) is 44.8 Å². The first kappa shape index (κ1) is 31.1. The van der Waals surface area contributed by atoms with Crippen LogP contribution in [0.1, 0.15) is 53.0 Å². The number of benzene rings is 2. The second-order valence-corrected chi connectivity index (χ2v) is 12.4. The highest BCUT2D eigenvalue weighted by Crippen LogP contribution is 2.35. The van der Waals surface area contributed by atoms with Crippen molar-refractivity contribution in [2.24, 2.45) is 0 Å². The summed E-state index contributed by atoms with van der Waals surface area (Å²) in [5.41, 5.74) is 4.49. The van der Waals surface area contributed by atoms with Crippen molar-refractivity contribution in [3.05, 3.63) is 84.4 Å². The van der Waals surface area contributed by atoms with Gasteiger partial charge in [0.05, 0.1) is 11.2 Å². The van der Waals surface area contributed by atoms with E-state index in [0.29, 0.717) is 17.8 Å². The van der Waals surface area contributed by atoms with Crippen LogP contribution < -0.4 is 10.6 Å². The molecular formula is C34H36N6O5. The van der Waals surface area contributed by atoms with Crippen LogP contribution in [0.2, 0.25) is 0 Å². The van der Waals surface area contributed by atoms with Crippen molar-refractivity contribution < 1.29 is 23.6 Å². The molecule has 2 aromatic carbocycles. The van der Waals surface area contributed by atoms with Crippen LogP contribution in [-0.4, -0.2) is 43.5 Å². The van der Waals surface area contributed by atoms with Crippen LogP contribution in [-0.2, 0) is 22.6 Å². The number of hydrogen-bond donors (Lipinski definition) is 2. The largest absolute Gasteiger partial charge is 0.444 e. The first-order valence-corrected chi connectivity index (χ1v) is 14.6. The number of fused-ring (bicyclic) bond motifs is 1. The third-order valence-electron chi connectivity index (χ3n) is 6.35. The molecular weight excluding hydrogens is 572 g/mol. The zero-order chi connectivity index (χ0) is 32.2. The van der Waals surface area contributed by atoms with Gasteiger partial charge in [0.25, 0.3) is 0 Å². The lowest BCUT2D eigenvalue weighted by atomic mass is 9.96. The first-order valence-electron chi connectivity index (χ1n) is 14.6. The molecule has 5 rings (SSSR count). The number of carbonyl (C=O) groups is 2. The van der Waals surface area contributed by atoms with Crippen molar-refractivity contribution in [3.63, 3.8) is 0 Å². The maximum absolute atomic E-state index is 12.1. The van der Waals surface area contributed by atoms with Gasteiger partial charge in [0.2, 0.25) is 11.7 Å². The second kappa shape index (κ2) is 12.7. The topological polar surface area (TPSA) is 141 Å². The van der Waals surface area contributed by atoms with Gasteiger partial charge in [-0.3, -0.25) is 4.98 Å². The fourth-order valence-corrected chi connectivity index (χ4v) is 4.49. The van der Waals surface area contributed by atoms with Gasteiger partial charge in [0.15, 0.2) is 0 Å². The van der Waals surface area contributed by atoms with Gasteiger partial charge < -0.3 is 24.6 Å². The summed E-state index contributed by atoms with van der Waals surface area (Å²) in [6.07, 6.45) is 0.602. The molecule has 0 spiro atoms. The fourth-order valence-electron chi connectivity index (χ4n) is 4.49. The third-order valence-corrected chi connectivity index (χ3v) is 6.35. The van der Waals surface area contributed by atoms with E-state index < -0.39 is 23.4 Å². The van der Waals surface area contributed by atoms with Crippen LogP contribution in [0.4, 0.5) is 9.59 Å². The zero-order valence-electron chi connectivity index (χ0n) is 26.2.